The largest absolute Gasteiger partial charge is 0.493 e. The maximum atomic E-state index is 11.6. The van der Waals surface area contributed by atoms with Gasteiger partial charge in [-0.2, -0.15) is 0 Å². The number of ether oxygens (including phenoxy) is 2. The molecule has 2 N–H and O–H groups in total. The molecule has 1 fully saturated rings. The van der Waals surface area contributed by atoms with Gasteiger partial charge in [0.25, 0.3) is 0 Å². The highest BCUT2D eigenvalue weighted by atomic mass is 32.2. The highest BCUT2D eigenvalue weighted by Crippen LogP contribution is 2.40. The number of nitrogens with one attached hydrogen (secondary N) is 2. The van der Waals surface area contributed by atoms with Crippen LogP contribution in [-0.4, -0.2) is 65.9 Å². The smallest absolute Gasteiger partial charge is 0.235 e. The molecule has 182 valence electrons. The molecule has 1 atom stereocenters. The number of methoxy groups -OCH3 is 1. The zero-order valence-corrected chi connectivity index (χ0v) is 20.6. The van der Waals surface area contributed by atoms with Gasteiger partial charge in [-0.3, -0.25) is 4.79 Å². The van der Waals surface area contributed by atoms with Crippen LogP contribution in [0.3, 0.4) is 0 Å². The average molecular weight is 492 g/mol. The summed E-state index contributed by atoms with van der Waals surface area (Å²) in [6, 6.07) is 12.7. The number of piperidine rings is 1. The van der Waals surface area contributed by atoms with Crippen molar-refractivity contribution in [1.82, 2.24) is 20.2 Å². The van der Waals surface area contributed by atoms with Gasteiger partial charge in [0.1, 0.15) is 11.6 Å². The molecule has 2 aromatic heterocycles. The van der Waals surface area contributed by atoms with Crippen LogP contribution in [0.2, 0.25) is 0 Å². The van der Waals surface area contributed by atoms with E-state index in [2.05, 4.69) is 50.8 Å². The van der Waals surface area contributed by atoms with E-state index in [9.17, 15) is 4.79 Å². The molecule has 8 nitrogen and oxygen atoms in total. The summed E-state index contributed by atoms with van der Waals surface area (Å²) >= 11 is 1.54. The highest BCUT2D eigenvalue weighted by molar-refractivity contribution is 8.00. The Morgan fingerprint density at radius 1 is 1.17 bits per heavy atom. The molecular formula is C26H29N5O3S. The van der Waals surface area contributed by atoms with E-state index in [1.54, 1.807) is 18.9 Å². The molecule has 0 aliphatic carbocycles. The van der Waals surface area contributed by atoms with Crippen molar-refractivity contribution in [3.8, 4) is 11.6 Å². The van der Waals surface area contributed by atoms with Crippen LogP contribution in [-0.2, 0) is 11.3 Å². The van der Waals surface area contributed by atoms with Gasteiger partial charge in [-0.1, -0.05) is 0 Å². The van der Waals surface area contributed by atoms with Crippen molar-refractivity contribution in [1.29, 1.82) is 0 Å². The Labute approximate surface area is 208 Å². The van der Waals surface area contributed by atoms with Crippen molar-refractivity contribution in [3.05, 3.63) is 47.7 Å². The lowest BCUT2D eigenvalue weighted by molar-refractivity contribution is -0.113. The first-order chi connectivity index (χ1) is 17.2. The van der Waals surface area contributed by atoms with Crippen LogP contribution in [0.15, 0.2) is 41.3 Å². The number of fused-ring (bicyclic) bond motifs is 4. The monoisotopic (exact) mass is 491 g/mol. The molecule has 3 aromatic rings. The summed E-state index contributed by atoms with van der Waals surface area (Å²) in [7, 11) is 1.65. The van der Waals surface area contributed by atoms with Gasteiger partial charge in [0.05, 0.1) is 35.6 Å². The molecule has 0 spiro atoms. The third-order valence-corrected chi connectivity index (χ3v) is 8.11. The minimum Gasteiger partial charge on any atom is -0.493 e. The maximum absolute atomic E-state index is 11.6. The standard InChI is InChI=1S/C26H29N5O3S/c1-33-23-7-3-16-2-5-20-24(25(16)30-23)17(14-34-20)13-31-10-8-18(9-11-31)27-12-19-4-6-21-26(28-19)29-22(32)15-35-21/h2-7,17-18,27H,8-15H2,1H3,(H,28,29,32). The van der Waals surface area contributed by atoms with Crippen molar-refractivity contribution >= 4 is 34.4 Å². The molecule has 6 rings (SSSR count). The second kappa shape index (κ2) is 9.64. The number of nitrogens with zero attached hydrogens (tertiary/aromatic N) is 3. The molecule has 35 heavy (non-hydrogen) atoms. The van der Waals surface area contributed by atoms with Gasteiger partial charge >= 0.3 is 0 Å². The molecule has 1 unspecified atom stereocenters. The van der Waals surface area contributed by atoms with Crippen LogP contribution in [0.1, 0.15) is 30.0 Å². The Morgan fingerprint density at radius 2 is 2.03 bits per heavy atom. The van der Waals surface area contributed by atoms with Gasteiger partial charge in [0.2, 0.25) is 11.8 Å². The Balaban J connectivity index is 1.05. The van der Waals surface area contributed by atoms with E-state index in [4.69, 9.17) is 14.5 Å². The van der Waals surface area contributed by atoms with Crippen LogP contribution in [0.5, 0.6) is 11.6 Å². The van der Waals surface area contributed by atoms with Crippen molar-refractivity contribution in [2.24, 2.45) is 0 Å². The molecule has 0 bridgehead atoms. The molecule has 1 aromatic carbocycles. The number of likely N-dealkylation sites (tertiary alicyclic amines) is 1. The summed E-state index contributed by atoms with van der Waals surface area (Å²) in [4.78, 5) is 24.6. The topological polar surface area (TPSA) is 88.6 Å². The van der Waals surface area contributed by atoms with Gasteiger partial charge in [-0.15, -0.1) is 11.8 Å². The first kappa shape index (κ1) is 22.6. The summed E-state index contributed by atoms with van der Waals surface area (Å²) < 4.78 is 11.4. The van der Waals surface area contributed by atoms with E-state index in [1.165, 1.54) is 5.56 Å². The predicted octanol–water partition coefficient (Wildman–Crippen LogP) is 3.41. The number of pyridine rings is 2. The average Bonchev–Trinajstić information content (AvgIpc) is 3.30. The van der Waals surface area contributed by atoms with Crippen LogP contribution >= 0.6 is 11.8 Å². The number of anilines is 1. The Kier molecular flexibility index (Phi) is 6.22. The van der Waals surface area contributed by atoms with Crippen LogP contribution in [0.4, 0.5) is 5.82 Å². The number of carbonyl (C=O) groups is 1. The zero-order valence-electron chi connectivity index (χ0n) is 19.8. The number of aromatic nitrogens is 2. The van der Waals surface area contributed by atoms with Crippen molar-refractivity contribution in [3.63, 3.8) is 0 Å². The van der Waals surface area contributed by atoms with Crippen molar-refractivity contribution in [2.45, 2.75) is 36.2 Å². The molecule has 5 heterocycles. The zero-order chi connectivity index (χ0) is 23.8. The SMILES string of the molecule is COc1ccc2ccc3c(c2n1)C(CN1CCC(NCc2ccc4c(n2)NC(=O)CS4)CC1)CO3. The fourth-order valence-electron chi connectivity index (χ4n) is 5.21. The molecule has 1 amide bonds. The normalized spacial score (nSPS) is 20.3. The van der Waals surface area contributed by atoms with E-state index in [1.807, 2.05) is 6.07 Å². The van der Waals surface area contributed by atoms with Gasteiger partial charge in [-0.05, 0) is 56.3 Å². The van der Waals surface area contributed by atoms with E-state index in [0.717, 1.165) is 59.7 Å². The number of thioether (sulfide) groups is 1. The summed E-state index contributed by atoms with van der Waals surface area (Å²) in [5.41, 5.74) is 3.17. The Bertz CT molecular complexity index is 1260. The second-order valence-corrected chi connectivity index (χ2v) is 10.4. The lowest BCUT2D eigenvalue weighted by Gasteiger charge is -2.33. The quantitative estimate of drug-likeness (QED) is 0.542. The fraction of sp³-hybridized carbons (Fsp3) is 0.423. The van der Waals surface area contributed by atoms with Crippen molar-refractivity contribution in [2.75, 3.05) is 44.4 Å². The van der Waals surface area contributed by atoms with Crippen LogP contribution in [0, 0.1) is 0 Å². The van der Waals surface area contributed by atoms with Crippen LogP contribution in [0.25, 0.3) is 10.9 Å². The van der Waals surface area contributed by atoms with Crippen molar-refractivity contribution < 1.29 is 14.3 Å². The van der Waals surface area contributed by atoms with E-state index in [0.29, 0.717) is 42.6 Å². The lowest BCUT2D eigenvalue weighted by atomic mass is 9.96. The number of rotatable bonds is 6. The molecule has 1 saturated heterocycles. The number of carbonyl (C=O) groups excluding carboxylic acids is 1. The van der Waals surface area contributed by atoms with E-state index >= 15 is 0 Å². The fourth-order valence-corrected chi connectivity index (χ4v) is 5.97. The molecule has 9 heteroatoms. The van der Waals surface area contributed by atoms with Gasteiger partial charge < -0.3 is 25.0 Å². The third kappa shape index (κ3) is 4.68. The van der Waals surface area contributed by atoms with Gasteiger partial charge in [0.15, 0.2) is 0 Å². The second-order valence-electron chi connectivity index (χ2n) is 9.35. The molecule has 0 saturated carbocycles. The Hall–Kier alpha value is -2.88. The number of hydrogen-bond donors (Lipinski definition) is 2. The van der Waals surface area contributed by atoms with Gasteiger partial charge in [0, 0.05) is 42.1 Å². The van der Waals surface area contributed by atoms with E-state index < -0.39 is 0 Å². The third-order valence-electron chi connectivity index (χ3n) is 7.06. The van der Waals surface area contributed by atoms with Crippen LogP contribution < -0.4 is 20.1 Å². The lowest BCUT2D eigenvalue weighted by Crippen LogP contribution is -2.43. The number of hydrogen-bond acceptors (Lipinski definition) is 8. The molecule has 3 aliphatic heterocycles. The summed E-state index contributed by atoms with van der Waals surface area (Å²) in [6.45, 7) is 4.48. The Morgan fingerprint density at radius 3 is 2.89 bits per heavy atom. The summed E-state index contributed by atoms with van der Waals surface area (Å²) in [6.07, 6.45) is 2.19. The number of amides is 1. The summed E-state index contributed by atoms with van der Waals surface area (Å²) in [5, 5.41) is 7.66. The van der Waals surface area contributed by atoms with E-state index in [-0.39, 0.29) is 5.91 Å². The predicted molar refractivity (Wildman–Crippen MR) is 136 cm³/mol. The molecule has 3 aliphatic rings. The maximum Gasteiger partial charge on any atom is 0.235 e. The number of benzene rings is 1. The molecule has 0 radical (unpaired) electrons. The summed E-state index contributed by atoms with van der Waals surface area (Å²) in [5.74, 6) is 3.07. The highest BCUT2D eigenvalue weighted by Gasteiger charge is 2.30. The minimum absolute atomic E-state index is 0.0192. The van der Waals surface area contributed by atoms with Gasteiger partial charge in [-0.25, -0.2) is 9.97 Å². The first-order valence-electron chi connectivity index (χ1n) is 12.1. The minimum atomic E-state index is 0.0192. The first-order valence-corrected chi connectivity index (χ1v) is 13.1. The molecular weight excluding hydrogens is 462 g/mol.